The second-order valence-corrected chi connectivity index (χ2v) is 5.64. The van der Waals surface area contributed by atoms with Crippen molar-refractivity contribution >= 4 is 33.1 Å². The van der Waals surface area contributed by atoms with Crippen molar-refractivity contribution in [3.63, 3.8) is 0 Å². The van der Waals surface area contributed by atoms with Gasteiger partial charge in [-0.3, -0.25) is 4.79 Å². The van der Waals surface area contributed by atoms with E-state index in [4.69, 9.17) is 4.74 Å². The van der Waals surface area contributed by atoms with Crippen LogP contribution in [0, 0.1) is 6.92 Å². The summed E-state index contributed by atoms with van der Waals surface area (Å²) in [5.41, 5.74) is 1.79. The first kappa shape index (κ1) is 11.6. The normalized spacial score (nSPS) is 19.3. The summed E-state index contributed by atoms with van der Waals surface area (Å²) in [6.45, 7) is 2.67. The molecule has 1 amide bonds. The summed E-state index contributed by atoms with van der Waals surface area (Å²) in [5, 5.41) is 3.94. The van der Waals surface area contributed by atoms with E-state index in [1.165, 1.54) is 0 Å². The highest BCUT2D eigenvalue weighted by atomic mass is 32.1. The number of amides is 1. The molecular formula is C13H14N2O2S. The number of hydrogen-bond donors (Lipinski definition) is 1. The van der Waals surface area contributed by atoms with Gasteiger partial charge < -0.3 is 10.1 Å². The van der Waals surface area contributed by atoms with Crippen molar-refractivity contribution in [3.8, 4) is 0 Å². The smallest absolute Gasteiger partial charge is 0.253 e. The maximum atomic E-state index is 11.9. The van der Waals surface area contributed by atoms with Crippen LogP contribution in [0.3, 0.4) is 0 Å². The molecule has 0 bridgehead atoms. The van der Waals surface area contributed by atoms with Gasteiger partial charge in [-0.1, -0.05) is 0 Å². The van der Waals surface area contributed by atoms with Gasteiger partial charge in [0.1, 0.15) is 6.10 Å². The molecular weight excluding hydrogens is 248 g/mol. The Labute approximate surface area is 109 Å². The van der Waals surface area contributed by atoms with E-state index in [-0.39, 0.29) is 12.0 Å². The molecule has 5 heteroatoms. The molecule has 0 aliphatic carbocycles. The monoisotopic (exact) mass is 262 g/mol. The van der Waals surface area contributed by atoms with Crippen molar-refractivity contribution < 1.29 is 9.53 Å². The summed E-state index contributed by atoms with van der Waals surface area (Å²) in [6.07, 6.45) is 1.49. The SMILES string of the molecule is Cc1nc2ccc(NC(=O)[C@@H]3CCCO3)cc2s1. The number of aromatic nitrogens is 1. The second kappa shape index (κ2) is 4.66. The Balaban J connectivity index is 1.79. The molecule has 4 nitrogen and oxygen atoms in total. The third-order valence-corrected chi connectivity index (χ3v) is 3.92. The summed E-state index contributed by atoms with van der Waals surface area (Å²) < 4.78 is 6.45. The Morgan fingerprint density at radius 3 is 3.22 bits per heavy atom. The molecule has 94 valence electrons. The van der Waals surface area contributed by atoms with Gasteiger partial charge in [-0.05, 0) is 38.0 Å². The van der Waals surface area contributed by atoms with Crippen LogP contribution in [0.4, 0.5) is 5.69 Å². The van der Waals surface area contributed by atoms with Crippen LogP contribution in [0.2, 0.25) is 0 Å². The van der Waals surface area contributed by atoms with Crippen LogP contribution in [0.1, 0.15) is 17.8 Å². The molecule has 0 saturated carbocycles. The molecule has 0 spiro atoms. The van der Waals surface area contributed by atoms with Crippen LogP contribution in [-0.4, -0.2) is 23.6 Å². The number of ether oxygens (including phenoxy) is 1. The average Bonchev–Trinajstić information content (AvgIpc) is 2.95. The molecule has 3 rings (SSSR count). The number of rotatable bonds is 2. The van der Waals surface area contributed by atoms with Gasteiger partial charge in [-0.2, -0.15) is 0 Å². The highest BCUT2D eigenvalue weighted by Crippen LogP contribution is 2.25. The third kappa shape index (κ3) is 2.23. The number of anilines is 1. The largest absolute Gasteiger partial charge is 0.368 e. The van der Waals surface area contributed by atoms with Gasteiger partial charge in [0, 0.05) is 12.3 Å². The summed E-state index contributed by atoms with van der Waals surface area (Å²) >= 11 is 1.63. The lowest BCUT2D eigenvalue weighted by Gasteiger charge is -2.10. The first-order valence-corrected chi connectivity index (χ1v) is 6.84. The molecule has 1 atom stereocenters. The Bertz CT molecular complexity index is 588. The zero-order valence-electron chi connectivity index (χ0n) is 10.1. The van der Waals surface area contributed by atoms with E-state index in [1.807, 2.05) is 25.1 Å². The third-order valence-electron chi connectivity index (χ3n) is 2.99. The van der Waals surface area contributed by atoms with Crippen molar-refractivity contribution in [2.45, 2.75) is 25.9 Å². The number of thiazole rings is 1. The number of hydrogen-bond acceptors (Lipinski definition) is 4. The Hall–Kier alpha value is -1.46. The van der Waals surface area contributed by atoms with Crippen LogP contribution in [0.15, 0.2) is 18.2 Å². The lowest BCUT2D eigenvalue weighted by molar-refractivity contribution is -0.124. The van der Waals surface area contributed by atoms with Gasteiger partial charge >= 0.3 is 0 Å². The van der Waals surface area contributed by atoms with Crippen LogP contribution >= 0.6 is 11.3 Å². The van der Waals surface area contributed by atoms with Crippen molar-refractivity contribution in [3.05, 3.63) is 23.2 Å². The lowest BCUT2D eigenvalue weighted by atomic mass is 10.2. The van der Waals surface area contributed by atoms with Gasteiger partial charge in [0.25, 0.3) is 5.91 Å². The van der Waals surface area contributed by atoms with E-state index in [9.17, 15) is 4.79 Å². The molecule has 1 aromatic carbocycles. The van der Waals surface area contributed by atoms with Crippen molar-refractivity contribution in [1.82, 2.24) is 4.98 Å². The molecule has 18 heavy (non-hydrogen) atoms. The molecule has 0 radical (unpaired) electrons. The molecule has 2 aromatic rings. The molecule has 1 aliphatic heterocycles. The minimum atomic E-state index is -0.288. The molecule has 1 aliphatic rings. The minimum Gasteiger partial charge on any atom is -0.368 e. The molecule has 1 saturated heterocycles. The van der Waals surface area contributed by atoms with Gasteiger partial charge in [0.15, 0.2) is 0 Å². The Morgan fingerprint density at radius 2 is 2.44 bits per heavy atom. The van der Waals surface area contributed by atoms with E-state index in [0.29, 0.717) is 6.61 Å². The van der Waals surface area contributed by atoms with Gasteiger partial charge in [0.05, 0.1) is 15.2 Å². The molecule has 0 unspecified atom stereocenters. The van der Waals surface area contributed by atoms with Crippen LogP contribution in [-0.2, 0) is 9.53 Å². The topological polar surface area (TPSA) is 51.2 Å². The number of fused-ring (bicyclic) bond motifs is 1. The van der Waals surface area contributed by atoms with Crippen molar-refractivity contribution in [2.24, 2.45) is 0 Å². The maximum Gasteiger partial charge on any atom is 0.253 e. The first-order chi connectivity index (χ1) is 8.72. The fourth-order valence-electron chi connectivity index (χ4n) is 2.12. The van der Waals surface area contributed by atoms with E-state index in [0.717, 1.165) is 33.8 Å². The van der Waals surface area contributed by atoms with E-state index in [2.05, 4.69) is 10.3 Å². The van der Waals surface area contributed by atoms with E-state index in [1.54, 1.807) is 11.3 Å². The molecule has 1 aromatic heterocycles. The number of carbonyl (C=O) groups excluding carboxylic acids is 1. The van der Waals surface area contributed by atoms with Crippen LogP contribution in [0.5, 0.6) is 0 Å². The highest BCUT2D eigenvalue weighted by molar-refractivity contribution is 7.18. The predicted octanol–water partition coefficient (Wildman–Crippen LogP) is 2.72. The maximum absolute atomic E-state index is 11.9. The number of aryl methyl sites for hydroxylation is 1. The number of benzene rings is 1. The van der Waals surface area contributed by atoms with Crippen molar-refractivity contribution in [2.75, 3.05) is 11.9 Å². The highest BCUT2D eigenvalue weighted by Gasteiger charge is 2.23. The quantitative estimate of drug-likeness (QED) is 0.905. The first-order valence-electron chi connectivity index (χ1n) is 6.02. The van der Waals surface area contributed by atoms with Gasteiger partial charge in [-0.15, -0.1) is 11.3 Å². The predicted molar refractivity (Wildman–Crippen MR) is 72.0 cm³/mol. The zero-order chi connectivity index (χ0) is 12.5. The average molecular weight is 262 g/mol. The fraction of sp³-hybridized carbons (Fsp3) is 0.385. The minimum absolute atomic E-state index is 0.0481. The molecule has 1 fully saturated rings. The Kier molecular flexibility index (Phi) is 3.01. The lowest BCUT2D eigenvalue weighted by Crippen LogP contribution is -2.26. The standard InChI is InChI=1S/C13H14N2O2S/c1-8-14-10-5-4-9(7-12(10)18-8)15-13(16)11-3-2-6-17-11/h4-5,7,11H,2-3,6H2,1H3,(H,15,16)/t11-/m0/s1. The summed E-state index contributed by atoms with van der Waals surface area (Å²) in [7, 11) is 0. The summed E-state index contributed by atoms with van der Waals surface area (Å²) in [4.78, 5) is 16.3. The molecule has 2 heterocycles. The van der Waals surface area contributed by atoms with Gasteiger partial charge in [0.2, 0.25) is 0 Å². The number of nitrogens with one attached hydrogen (secondary N) is 1. The second-order valence-electron chi connectivity index (χ2n) is 4.41. The number of carbonyl (C=O) groups is 1. The molecule has 1 N–H and O–H groups in total. The van der Waals surface area contributed by atoms with Crippen molar-refractivity contribution in [1.29, 1.82) is 0 Å². The van der Waals surface area contributed by atoms with Gasteiger partial charge in [-0.25, -0.2) is 4.98 Å². The van der Waals surface area contributed by atoms with E-state index < -0.39 is 0 Å². The fourth-order valence-corrected chi connectivity index (χ4v) is 2.99. The van der Waals surface area contributed by atoms with E-state index >= 15 is 0 Å². The zero-order valence-corrected chi connectivity index (χ0v) is 10.9. The summed E-state index contributed by atoms with van der Waals surface area (Å²) in [5.74, 6) is -0.0481. The Morgan fingerprint density at radius 1 is 1.56 bits per heavy atom. The summed E-state index contributed by atoms with van der Waals surface area (Å²) in [6, 6.07) is 5.78. The van der Waals surface area contributed by atoms with Crippen LogP contribution < -0.4 is 5.32 Å². The van der Waals surface area contributed by atoms with Crippen LogP contribution in [0.25, 0.3) is 10.2 Å². The number of nitrogens with zero attached hydrogens (tertiary/aromatic N) is 1.